The molecule has 1 aromatic carbocycles. The number of hydrogen-bond acceptors (Lipinski definition) is 4. The number of aromatic nitrogens is 4. The second kappa shape index (κ2) is 5.49. The molecule has 1 N–H and O–H groups in total. The molecular weight excluding hydrogens is 310 g/mol. The second-order valence-electron chi connectivity index (χ2n) is 6.05. The van der Waals surface area contributed by atoms with E-state index in [0.29, 0.717) is 5.78 Å². The van der Waals surface area contributed by atoms with Gasteiger partial charge in [0.25, 0.3) is 5.78 Å². The van der Waals surface area contributed by atoms with Crippen molar-refractivity contribution < 1.29 is 0 Å². The van der Waals surface area contributed by atoms with Gasteiger partial charge < -0.3 is 5.32 Å². The van der Waals surface area contributed by atoms with E-state index in [1.54, 1.807) is 0 Å². The van der Waals surface area contributed by atoms with Crippen molar-refractivity contribution in [3.05, 3.63) is 45.9 Å². The molecule has 2 heterocycles. The van der Waals surface area contributed by atoms with Crippen LogP contribution in [0.3, 0.4) is 0 Å². The van der Waals surface area contributed by atoms with E-state index in [0.717, 1.165) is 46.5 Å². The van der Waals surface area contributed by atoms with E-state index in [4.69, 9.17) is 16.6 Å². The molecule has 0 aliphatic heterocycles. The third-order valence-electron chi connectivity index (χ3n) is 4.30. The van der Waals surface area contributed by atoms with Gasteiger partial charge in [-0.1, -0.05) is 17.7 Å². The van der Waals surface area contributed by atoms with Gasteiger partial charge in [-0.3, -0.25) is 0 Å². The summed E-state index contributed by atoms with van der Waals surface area (Å²) in [6.45, 7) is 3.89. The molecule has 4 rings (SSSR count). The number of benzene rings is 1. The fourth-order valence-corrected chi connectivity index (χ4v) is 3.26. The van der Waals surface area contributed by atoms with E-state index in [9.17, 15) is 0 Å². The van der Waals surface area contributed by atoms with E-state index >= 15 is 0 Å². The van der Waals surface area contributed by atoms with Crippen molar-refractivity contribution in [2.24, 2.45) is 0 Å². The van der Waals surface area contributed by atoms with Crippen LogP contribution in [0.1, 0.15) is 35.5 Å². The normalized spacial score (nSPS) is 14.0. The van der Waals surface area contributed by atoms with Crippen LogP contribution >= 0.6 is 11.6 Å². The molecule has 0 bridgehead atoms. The fraction of sp³-hybridized carbons (Fsp3) is 0.353. The monoisotopic (exact) mass is 327 g/mol. The summed E-state index contributed by atoms with van der Waals surface area (Å²) < 4.78 is 1.81. The van der Waals surface area contributed by atoms with Gasteiger partial charge in [0.05, 0.1) is 5.69 Å². The Bertz CT molecular complexity index is 900. The van der Waals surface area contributed by atoms with Crippen LogP contribution in [0.2, 0.25) is 5.02 Å². The molecule has 5 nitrogen and oxygen atoms in total. The Morgan fingerprint density at radius 3 is 2.78 bits per heavy atom. The number of hydrogen-bond donors (Lipinski definition) is 1. The van der Waals surface area contributed by atoms with Crippen molar-refractivity contribution >= 4 is 28.9 Å². The lowest BCUT2D eigenvalue weighted by molar-refractivity contribution is 0.662. The van der Waals surface area contributed by atoms with Crippen LogP contribution in [-0.4, -0.2) is 19.6 Å². The molecule has 0 unspecified atom stereocenters. The maximum atomic E-state index is 6.26. The van der Waals surface area contributed by atoms with Crippen LogP contribution in [0.4, 0.5) is 11.5 Å². The zero-order valence-corrected chi connectivity index (χ0v) is 14.0. The Kier molecular flexibility index (Phi) is 3.45. The largest absolute Gasteiger partial charge is 0.340 e. The minimum Gasteiger partial charge on any atom is -0.340 e. The van der Waals surface area contributed by atoms with Crippen molar-refractivity contribution in [3.8, 4) is 0 Å². The molecular formula is C17H18ClN5. The van der Waals surface area contributed by atoms with E-state index in [2.05, 4.69) is 15.4 Å². The average molecular weight is 328 g/mol. The molecule has 0 radical (unpaired) electrons. The van der Waals surface area contributed by atoms with Crippen LogP contribution in [0.25, 0.3) is 5.78 Å². The van der Waals surface area contributed by atoms with Gasteiger partial charge in [0, 0.05) is 16.3 Å². The lowest BCUT2D eigenvalue weighted by Gasteiger charge is -2.20. The quantitative estimate of drug-likeness (QED) is 0.772. The Labute approximate surface area is 139 Å². The molecule has 0 fully saturated rings. The molecule has 118 valence electrons. The summed E-state index contributed by atoms with van der Waals surface area (Å²) in [6, 6.07) is 6.00. The first-order valence-corrected chi connectivity index (χ1v) is 8.28. The highest BCUT2D eigenvalue weighted by molar-refractivity contribution is 6.31. The van der Waals surface area contributed by atoms with E-state index in [1.165, 1.54) is 18.4 Å². The van der Waals surface area contributed by atoms with Crippen molar-refractivity contribution in [1.29, 1.82) is 0 Å². The first kappa shape index (κ1) is 14.5. The standard InChI is InChI=1S/C17H18ClN5/c1-10-7-8-12(9-14(10)18)20-16-13-5-3-4-6-15(13)21-17-19-11(2)22-23(16)17/h7-9,20H,3-6H2,1-2H3. The lowest BCUT2D eigenvalue weighted by atomic mass is 9.96. The summed E-state index contributed by atoms with van der Waals surface area (Å²) in [7, 11) is 0. The predicted octanol–water partition coefficient (Wildman–Crippen LogP) is 4.02. The van der Waals surface area contributed by atoms with E-state index in [1.807, 2.05) is 36.6 Å². The number of nitrogens with one attached hydrogen (secondary N) is 1. The molecule has 2 aromatic heterocycles. The zero-order chi connectivity index (χ0) is 16.0. The van der Waals surface area contributed by atoms with Gasteiger partial charge in [-0.15, -0.1) is 5.10 Å². The van der Waals surface area contributed by atoms with Crippen LogP contribution in [-0.2, 0) is 12.8 Å². The molecule has 3 aromatic rings. The number of anilines is 2. The topological polar surface area (TPSA) is 55.1 Å². The van der Waals surface area contributed by atoms with Gasteiger partial charge in [0.2, 0.25) is 0 Å². The fourth-order valence-electron chi connectivity index (χ4n) is 3.08. The molecule has 0 spiro atoms. The number of fused-ring (bicyclic) bond motifs is 2. The molecule has 1 aliphatic rings. The first-order chi connectivity index (χ1) is 11.1. The summed E-state index contributed by atoms with van der Waals surface area (Å²) in [5.74, 6) is 2.35. The molecule has 0 saturated heterocycles. The number of halogens is 1. The number of rotatable bonds is 2. The van der Waals surface area contributed by atoms with Crippen molar-refractivity contribution in [2.75, 3.05) is 5.32 Å². The highest BCUT2D eigenvalue weighted by Gasteiger charge is 2.20. The van der Waals surface area contributed by atoms with Gasteiger partial charge in [-0.05, 0) is 57.2 Å². The highest BCUT2D eigenvalue weighted by atomic mass is 35.5. The molecule has 0 atom stereocenters. The van der Waals surface area contributed by atoms with Crippen molar-refractivity contribution in [2.45, 2.75) is 39.5 Å². The van der Waals surface area contributed by atoms with Crippen LogP contribution in [0, 0.1) is 13.8 Å². The predicted molar refractivity (Wildman–Crippen MR) is 91.6 cm³/mol. The Balaban J connectivity index is 1.88. The Morgan fingerprint density at radius 1 is 1.13 bits per heavy atom. The zero-order valence-electron chi connectivity index (χ0n) is 13.2. The minimum absolute atomic E-state index is 0.656. The Morgan fingerprint density at radius 2 is 1.96 bits per heavy atom. The van der Waals surface area contributed by atoms with E-state index < -0.39 is 0 Å². The molecule has 0 saturated carbocycles. The molecule has 23 heavy (non-hydrogen) atoms. The Hall–Kier alpha value is -2.14. The van der Waals surface area contributed by atoms with Gasteiger partial charge in [-0.2, -0.15) is 9.50 Å². The molecule has 1 aliphatic carbocycles. The summed E-state index contributed by atoms with van der Waals surface area (Å²) >= 11 is 6.26. The third kappa shape index (κ3) is 2.55. The smallest absolute Gasteiger partial charge is 0.254 e. The summed E-state index contributed by atoms with van der Waals surface area (Å²) in [4.78, 5) is 9.12. The first-order valence-electron chi connectivity index (χ1n) is 7.90. The summed E-state index contributed by atoms with van der Waals surface area (Å²) in [5, 5.41) is 8.75. The second-order valence-corrected chi connectivity index (χ2v) is 6.46. The summed E-state index contributed by atoms with van der Waals surface area (Å²) in [5.41, 5.74) is 4.40. The van der Waals surface area contributed by atoms with Crippen LogP contribution < -0.4 is 5.32 Å². The minimum atomic E-state index is 0.656. The third-order valence-corrected chi connectivity index (χ3v) is 4.71. The van der Waals surface area contributed by atoms with Gasteiger partial charge >= 0.3 is 0 Å². The van der Waals surface area contributed by atoms with Crippen molar-refractivity contribution in [3.63, 3.8) is 0 Å². The molecule has 0 amide bonds. The highest BCUT2D eigenvalue weighted by Crippen LogP contribution is 2.30. The van der Waals surface area contributed by atoms with E-state index in [-0.39, 0.29) is 0 Å². The molecule has 6 heteroatoms. The average Bonchev–Trinajstić information content (AvgIpc) is 2.91. The van der Waals surface area contributed by atoms with Crippen molar-refractivity contribution in [1.82, 2.24) is 19.6 Å². The van der Waals surface area contributed by atoms with Crippen LogP contribution in [0.5, 0.6) is 0 Å². The maximum absolute atomic E-state index is 6.26. The van der Waals surface area contributed by atoms with Crippen LogP contribution in [0.15, 0.2) is 18.2 Å². The number of aryl methyl sites for hydroxylation is 3. The lowest BCUT2D eigenvalue weighted by Crippen LogP contribution is -2.13. The van der Waals surface area contributed by atoms with Gasteiger partial charge in [0.1, 0.15) is 11.6 Å². The SMILES string of the molecule is Cc1nc2nc3c(c(Nc4ccc(C)c(Cl)c4)n2n1)CCCC3. The maximum Gasteiger partial charge on any atom is 0.254 e. The number of nitrogens with zero attached hydrogens (tertiary/aromatic N) is 4. The van der Waals surface area contributed by atoms with Gasteiger partial charge in [0.15, 0.2) is 0 Å². The summed E-state index contributed by atoms with van der Waals surface area (Å²) in [6.07, 6.45) is 4.37. The van der Waals surface area contributed by atoms with Gasteiger partial charge in [-0.25, -0.2) is 4.98 Å².